The van der Waals surface area contributed by atoms with Crippen LogP contribution in [0.2, 0.25) is 0 Å². The van der Waals surface area contributed by atoms with Gasteiger partial charge in [-0.15, -0.1) is 12.4 Å². The van der Waals surface area contributed by atoms with Gasteiger partial charge < -0.3 is 5.32 Å². The molecule has 2 fully saturated rings. The summed E-state index contributed by atoms with van der Waals surface area (Å²) in [6.45, 7) is 4.91. The highest BCUT2D eigenvalue weighted by Crippen LogP contribution is 2.26. The number of hydrogen-bond acceptors (Lipinski definition) is 5. The van der Waals surface area contributed by atoms with Gasteiger partial charge in [0.25, 0.3) is 0 Å². The van der Waals surface area contributed by atoms with Crippen LogP contribution in [0.3, 0.4) is 0 Å². The first-order valence-corrected chi connectivity index (χ1v) is 9.89. The van der Waals surface area contributed by atoms with E-state index in [4.69, 9.17) is 5.26 Å². The molecule has 0 amide bonds. The van der Waals surface area contributed by atoms with Crippen LogP contribution in [-0.2, 0) is 10.0 Å². The third-order valence-electron chi connectivity index (χ3n) is 4.43. The Morgan fingerprint density at radius 1 is 1.21 bits per heavy atom. The van der Waals surface area contributed by atoms with Crippen molar-refractivity contribution in [2.24, 2.45) is 0 Å². The molecule has 0 aromatic heterocycles. The summed E-state index contributed by atoms with van der Waals surface area (Å²) in [5.74, 6) is 0. The first-order valence-electron chi connectivity index (χ1n) is 7.66. The van der Waals surface area contributed by atoms with Crippen molar-refractivity contribution >= 4 is 38.4 Å². The molecule has 6 nitrogen and oxygen atoms in total. The molecule has 2 saturated heterocycles. The fourth-order valence-corrected chi connectivity index (χ4v) is 5.41. The molecule has 0 saturated carbocycles. The van der Waals surface area contributed by atoms with Crippen molar-refractivity contribution in [1.82, 2.24) is 14.5 Å². The fourth-order valence-electron chi connectivity index (χ4n) is 3.20. The maximum Gasteiger partial charge on any atom is 0.243 e. The quantitative estimate of drug-likeness (QED) is 0.777. The minimum atomic E-state index is -3.56. The van der Waals surface area contributed by atoms with E-state index < -0.39 is 10.0 Å². The number of halogens is 2. The second-order valence-electron chi connectivity index (χ2n) is 5.88. The molecule has 1 unspecified atom stereocenters. The first-order chi connectivity index (χ1) is 11.0. The molecule has 24 heavy (non-hydrogen) atoms. The highest BCUT2D eigenvalue weighted by Gasteiger charge is 2.35. The molecule has 1 aromatic carbocycles. The Morgan fingerprint density at radius 2 is 1.92 bits per heavy atom. The van der Waals surface area contributed by atoms with Gasteiger partial charge >= 0.3 is 0 Å². The topological polar surface area (TPSA) is 76.4 Å². The molecule has 132 valence electrons. The van der Waals surface area contributed by atoms with Crippen LogP contribution in [-0.4, -0.2) is 62.9 Å². The zero-order chi connectivity index (χ0) is 16.4. The Labute approximate surface area is 157 Å². The standard InChI is InChI=1S/C15H19BrN4O2S.ClH/c16-13-7-12(10-17)8-15(9-13)23(21,22)20-4-1-14(11-20)19-5-2-18-3-6-19;/h7-9,14,18H,1-6,11H2;1H. The number of nitrogens with one attached hydrogen (secondary N) is 1. The van der Waals surface area contributed by atoms with Crippen molar-refractivity contribution < 1.29 is 8.42 Å². The van der Waals surface area contributed by atoms with E-state index >= 15 is 0 Å². The number of sulfonamides is 1. The van der Waals surface area contributed by atoms with E-state index in [0.29, 0.717) is 23.1 Å². The summed E-state index contributed by atoms with van der Waals surface area (Å²) in [4.78, 5) is 2.55. The monoisotopic (exact) mass is 434 g/mol. The molecule has 1 atom stereocenters. The van der Waals surface area contributed by atoms with E-state index in [0.717, 1.165) is 32.6 Å². The Balaban J connectivity index is 0.00000208. The summed E-state index contributed by atoms with van der Waals surface area (Å²) >= 11 is 3.28. The Kier molecular flexibility index (Phi) is 6.65. The average Bonchev–Trinajstić information content (AvgIpc) is 3.06. The van der Waals surface area contributed by atoms with Crippen molar-refractivity contribution in [2.45, 2.75) is 17.4 Å². The van der Waals surface area contributed by atoms with Gasteiger partial charge in [0.2, 0.25) is 10.0 Å². The highest BCUT2D eigenvalue weighted by molar-refractivity contribution is 9.10. The summed E-state index contributed by atoms with van der Waals surface area (Å²) in [7, 11) is -3.56. The Morgan fingerprint density at radius 3 is 2.58 bits per heavy atom. The lowest BCUT2D eigenvalue weighted by Gasteiger charge is -2.32. The van der Waals surface area contributed by atoms with E-state index in [-0.39, 0.29) is 23.3 Å². The molecule has 9 heteroatoms. The van der Waals surface area contributed by atoms with Crippen molar-refractivity contribution in [1.29, 1.82) is 5.26 Å². The molecule has 2 aliphatic rings. The second kappa shape index (κ2) is 8.13. The molecule has 2 aliphatic heterocycles. The van der Waals surface area contributed by atoms with Crippen molar-refractivity contribution in [3.63, 3.8) is 0 Å². The lowest BCUT2D eigenvalue weighted by atomic mass is 10.2. The van der Waals surface area contributed by atoms with Crippen LogP contribution in [0.25, 0.3) is 0 Å². The average molecular weight is 436 g/mol. The number of piperazine rings is 1. The zero-order valence-corrected chi connectivity index (χ0v) is 16.3. The van der Waals surface area contributed by atoms with Crippen molar-refractivity contribution in [3.8, 4) is 6.07 Å². The molecule has 0 aliphatic carbocycles. The minimum Gasteiger partial charge on any atom is -0.314 e. The molecule has 3 rings (SSSR count). The van der Waals surface area contributed by atoms with Gasteiger partial charge in [-0.05, 0) is 24.6 Å². The van der Waals surface area contributed by atoms with Gasteiger partial charge in [-0.25, -0.2) is 8.42 Å². The van der Waals surface area contributed by atoms with Crippen LogP contribution in [0.15, 0.2) is 27.6 Å². The highest BCUT2D eigenvalue weighted by atomic mass is 79.9. The summed E-state index contributed by atoms with van der Waals surface area (Å²) < 4.78 is 27.8. The first kappa shape index (κ1) is 19.6. The Bertz CT molecular complexity index is 731. The van der Waals surface area contributed by atoms with E-state index in [1.807, 2.05) is 6.07 Å². The summed E-state index contributed by atoms with van der Waals surface area (Å²) in [6, 6.07) is 6.91. The number of nitriles is 1. The van der Waals surface area contributed by atoms with Gasteiger partial charge in [0.05, 0.1) is 16.5 Å². The number of rotatable bonds is 3. The molecule has 1 N–H and O–H groups in total. The van der Waals surface area contributed by atoms with E-state index in [1.54, 1.807) is 16.4 Å². The number of benzene rings is 1. The molecule has 0 bridgehead atoms. The SMILES string of the molecule is Cl.N#Cc1cc(Br)cc(S(=O)(=O)N2CCC(N3CCNCC3)C2)c1. The summed E-state index contributed by atoms with van der Waals surface area (Å²) in [5, 5.41) is 12.4. The van der Waals surface area contributed by atoms with Gasteiger partial charge in [0, 0.05) is 49.8 Å². The van der Waals surface area contributed by atoms with Crippen LogP contribution < -0.4 is 5.32 Å². The van der Waals surface area contributed by atoms with Crippen molar-refractivity contribution in [3.05, 3.63) is 28.2 Å². The third kappa shape index (κ3) is 4.10. The second-order valence-corrected chi connectivity index (χ2v) is 8.73. The van der Waals surface area contributed by atoms with E-state index in [1.165, 1.54) is 6.07 Å². The summed E-state index contributed by atoms with van der Waals surface area (Å²) in [5.41, 5.74) is 0.343. The zero-order valence-electron chi connectivity index (χ0n) is 13.1. The lowest BCUT2D eigenvalue weighted by Crippen LogP contribution is -2.49. The van der Waals surface area contributed by atoms with Crippen LogP contribution in [0.5, 0.6) is 0 Å². The predicted octanol–water partition coefficient (Wildman–Crippen LogP) is 1.41. The number of nitrogens with zero attached hydrogens (tertiary/aromatic N) is 3. The Hall–Kier alpha value is -0.690. The molecular weight excluding hydrogens is 416 g/mol. The fraction of sp³-hybridized carbons (Fsp3) is 0.533. The smallest absolute Gasteiger partial charge is 0.243 e. The molecule has 0 spiro atoms. The largest absolute Gasteiger partial charge is 0.314 e. The minimum absolute atomic E-state index is 0. The van der Waals surface area contributed by atoms with Gasteiger partial charge in [-0.2, -0.15) is 9.57 Å². The van der Waals surface area contributed by atoms with Crippen LogP contribution >= 0.6 is 28.3 Å². The van der Waals surface area contributed by atoms with Crippen LogP contribution in [0.4, 0.5) is 0 Å². The molecular formula is C15H20BrClN4O2S. The van der Waals surface area contributed by atoms with Crippen molar-refractivity contribution in [2.75, 3.05) is 39.3 Å². The number of hydrogen-bond donors (Lipinski definition) is 1. The third-order valence-corrected chi connectivity index (χ3v) is 6.73. The van der Waals surface area contributed by atoms with Gasteiger partial charge in [0.15, 0.2) is 0 Å². The maximum atomic E-state index is 12.8. The van der Waals surface area contributed by atoms with E-state index in [2.05, 4.69) is 26.1 Å². The maximum absolute atomic E-state index is 12.8. The summed E-state index contributed by atoms with van der Waals surface area (Å²) in [6.07, 6.45) is 0.859. The van der Waals surface area contributed by atoms with Crippen LogP contribution in [0.1, 0.15) is 12.0 Å². The lowest BCUT2D eigenvalue weighted by molar-refractivity contribution is 0.179. The molecule has 0 radical (unpaired) electrons. The van der Waals surface area contributed by atoms with E-state index in [9.17, 15) is 8.42 Å². The normalized spacial score (nSPS) is 22.8. The predicted molar refractivity (Wildman–Crippen MR) is 97.7 cm³/mol. The van der Waals surface area contributed by atoms with Gasteiger partial charge in [-0.1, -0.05) is 15.9 Å². The van der Waals surface area contributed by atoms with Gasteiger partial charge in [-0.3, -0.25) is 4.90 Å². The van der Waals surface area contributed by atoms with Gasteiger partial charge in [0.1, 0.15) is 0 Å². The molecule has 1 aromatic rings. The molecule has 2 heterocycles. The van der Waals surface area contributed by atoms with Crippen LogP contribution in [0, 0.1) is 11.3 Å².